The molecule has 1 N–H and O–H groups in total. The van der Waals surface area contributed by atoms with Crippen LogP contribution in [0.1, 0.15) is 6.42 Å². The number of halogens is 1. The van der Waals surface area contributed by atoms with Crippen LogP contribution in [-0.2, 0) is 19.1 Å². The number of benzene rings is 3. The molecule has 0 aromatic heterocycles. The maximum absolute atomic E-state index is 14.0. The van der Waals surface area contributed by atoms with Crippen molar-refractivity contribution in [2.75, 3.05) is 23.4 Å². The highest BCUT2D eigenvalue weighted by atomic mass is 19.1. The number of esters is 1. The average Bonchev–Trinajstić information content (AvgIpc) is 3.14. The monoisotopic (exact) mass is 406 g/mol. The Morgan fingerprint density at radius 2 is 1.77 bits per heavy atom. The molecule has 2 amide bonds. The van der Waals surface area contributed by atoms with Crippen LogP contribution in [0.5, 0.6) is 0 Å². The van der Waals surface area contributed by atoms with Crippen LogP contribution in [0.4, 0.5) is 15.8 Å². The molecule has 1 heterocycles. The second kappa shape index (κ2) is 8.32. The van der Waals surface area contributed by atoms with E-state index >= 15 is 0 Å². The lowest BCUT2D eigenvalue weighted by molar-refractivity contribution is -0.151. The van der Waals surface area contributed by atoms with Gasteiger partial charge in [0.1, 0.15) is 5.82 Å². The SMILES string of the molecule is O=C(COC(=O)[C@@H]1CC(=O)N(c2ccccc2F)C1)Nc1cccc2ccccc12. The Morgan fingerprint density at radius 3 is 2.60 bits per heavy atom. The van der Waals surface area contributed by atoms with Crippen LogP contribution in [-0.4, -0.2) is 30.9 Å². The molecule has 1 saturated heterocycles. The fourth-order valence-electron chi connectivity index (χ4n) is 3.54. The molecule has 0 saturated carbocycles. The van der Waals surface area contributed by atoms with Crippen LogP contribution in [0, 0.1) is 11.7 Å². The van der Waals surface area contributed by atoms with Crippen molar-refractivity contribution in [2.45, 2.75) is 6.42 Å². The van der Waals surface area contributed by atoms with Gasteiger partial charge in [-0.1, -0.05) is 48.5 Å². The quantitative estimate of drug-likeness (QED) is 0.658. The van der Waals surface area contributed by atoms with Crippen molar-refractivity contribution in [2.24, 2.45) is 5.92 Å². The van der Waals surface area contributed by atoms with Gasteiger partial charge in [0.25, 0.3) is 5.91 Å². The van der Waals surface area contributed by atoms with E-state index in [0.29, 0.717) is 5.69 Å². The standard InChI is InChI=1S/C23H19FN2O4/c24-18-9-3-4-11-20(18)26-13-16(12-22(26)28)23(29)30-14-21(27)25-19-10-5-7-15-6-1-2-8-17(15)19/h1-11,16H,12-14H2,(H,25,27)/t16-/m1/s1. The van der Waals surface area contributed by atoms with Gasteiger partial charge in [0.15, 0.2) is 6.61 Å². The van der Waals surface area contributed by atoms with Crippen LogP contribution in [0.15, 0.2) is 66.7 Å². The van der Waals surface area contributed by atoms with E-state index < -0.39 is 30.2 Å². The molecule has 0 aliphatic carbocycles. The number of ether oxygens (including phenoxy) is 1. The number of amides is 2. The number of hydrogen-bond donors (Lipinski definition) is 1. The molecule has 6 nitrogen and oxygen atoms in total. The molecular formula is C23H19FN2O4. The van der Waals surface area contributed by atoms with Crippen molar-refractivity contribution in [3.05, 3.63) is 72.5 Å². The highest BCUT2D eigenvalue weighted by Crippen LogP contribution is 2.28. The molecule has 0 radical (unpaired) electrons. The van der Waals surface area contributed by atoms with Crippen LogP contribution >= 0.6 is 0 Å². The molecule has 30 heavy (non-hydrogen) atoms. The van der Waals surface area contributed by atoms with Crippen molar-refractivity contribution in [3.63, 3.8) is 0 Å². The van der Waals surface area contributed by atoms with E-state index in [1.807, 2.05) is 36.4 Å². The lowest BCUT2D eigenvalue weighted by Gasteiger charge is -2.17. The van der Waals surface area contributed by atoms with Crippen LogP contribution in [0.3, 0.4) is 0 Å². The summed E-state index contributed by atoms with van der Waals surface area (Å²) < 4.78 is 19.1. The van der Waals surface area contributed by atoms with Gasteiger partial charge < -0.3 is 15.0 Å². The Kier molecular flexibility index (Phi) is 5.43. The first-order chi connectivity index (χ1) is 14.5. The highest BCUT2D eigenvalue weighted by molar-refractivity contribution is 6.03. The van der Waals surface area contributed by atoms with Crippen molar-refractivity contribution in [1.82, 2.24) is 0 Å². The Labute approximate surface area is 172 Å². The molecular weight excluding hydrogens is 387 g/mol. The van der Waals surface area contributed by atoms with E-state index in [1.165, 1.54) is 23.1 Å². The average molecular weight is 406 g/mol. The molecule has 3 aromatic rings. The Balaban J connectivity index is 1.35. The highest BCUT2D eigenvalue weighted by Gasteiger charge is 2.37. The lowest BCUT2D eigenvalue weighted by atomic mass is 10.1. The van der Waals surface area contributed by atoms with E-state index in [0.717, 1.165) is 10.8 Å². The number of hydrogen-bond acceptors (Lipinski definition) is 4. The first-order valence-corrected chi connectivity index (χ1v) is 9.52. The van der Waals surface area contributed by atoms with Gasteiger partial charge in [0.2, 0.25) is 5.91 Å². The van der Waals surface area contributed by atoms with Gasteiger partial charge in [-0.25, -0.2) is 4.39 Å². The van der Waals surface area contributed by atoms with Gasteiger partial charge in [-0.2, -0.15) is 0 Å². The molecule has 0 spiro atoms. The Hall–Kier alpha value is -3.74. The third kappa shape index (κ3) is 4.00. The van der Waals surface area contributed by atoms with Gasteiger partial charge in [-0.05, 0) is 23.6 Å². The van der Waals surface area contributed by atoms with Gasteiger partial charge >= 0.3 is 5.97 Å². The van der Waals surface area contributed by atoms with E-state index in [1.54, 1.807) is 12.1 Å². The second-order valence-corrected chi connectivity index (χ2v) is 7.04. The lowest BCUT2D eigenvalue weighted by Crippen LogP contribution is -2.28. The van der Waals surface area contributed by atoms with Crippen LogP contribution < -0.4 is 10.2 Å². The fraction of sp³-hybridized carbons (Fsp3) is 0.174. The smallest absolute Gasteiger partial charge is 0.311 e. The van der Waals surface area contributed by atoms with Crippen molar-refractivity contribution >= 4 is 39.9 Å². The van der Waals surface area contributed by atoms with Gasteiger partial charge in [0.05, 0.1) is 11.6 Å². The Morgan fingerprint density at radius 1 is 1.03 bits per heavy atom. The largest absolute Gasteiger partial charge is 0.455 e. The summed E-state index contributed by atoms with van der Waals surface area (Å²) in [7, 11) is 0. The summed E-state index contributed by atoms with van der Waals surface area (Å²) in [4.78, 5) is 38.1. The minimum atomic E-state index is -0.748. The van der Waals surface area contributed by atoms with Crippen LogP contribution in [0.25, 0.3) is 10.8 Å². The molecule has 1 aliphatic heterocycles. The normalized spacial score (nSPS) is 16.0. The molecule has 0 bridgehead atoms. The summed E-state index contributed by atoms with van der Waals surface area (Å²) in [6, 6.07) is 19.0. The topological polar surface area (TPSA) is 75.7 Å². The third-order valence-corrected chi connectivity index (χ3v) is 5.01. The van der Waals surface area contributed by atoms with Gasteiger partial charge in [-0.15, -0.1) is 0 Å². The number of anilines is 2. The second-order valence-electron chi connectivity index (χ2n) is 7.04. The summed E-state index contributed by atoms with van der Waals surface area (Å²) in [6.45, 7) is -0.448. The zero-order chi connectivity index (χ0) is 21.1. The van der Waals surface area contributed by atoms with E-state index in [-0.39, 0.29) is 24.6 Å². The minimum Gasteiger partial charge on any atom is -0.455 e. The third-order valence-electron chi connectivity index (χ3n) is 5.01. The predicted molar refractivity (Wildman–Crippen MR) is 110 cm³/mol. The van der Waals surface area contributed by atoms with Crippen molar-refractivity contribution in [1.29, 1.82) is 0 Å². The summed E-state index contributed by atoms with van der Waals surface area (Å²) in [6.07, 6.45) is -0.0852. The molecule has 1 aliphatic rings. The summed E-state index contributed by atoms with van der Waals surface area (Å²) in [5.74, 6) is -2.77. The molecule has 3 aromatic carbocycles. The summed E-state index contributed by atoms with van der Waals surface area (Å²) >= 11 is 0. The van der Waals surface area contributed by atoms with E-state index in [2.05, 4.69) is 5.32 Å². The minimum absolute atomic E-state index is 0.0174. The maximum atomic E-state index is 14.0. The number of rotatable bonds is 5. The van der Waals surface area contributed by atoms with Crippen molar-refractivity contribution < 1.29 is 23.5 Å². The Bertz CT molecular complexity index is 1130. The summed E-state index contributed by atoms with van der Waals surface area (Å²) in [5, 5.41) is 4.59. The van der Waals surface area contributed by atoms with Gasteiger partial charge in [-0.3, -0.25) is 14.4 Å². The fourth-order valence-corrected chi connectivity index (χ4v) is 3.54. The molecule has 4 rings (SSSR count). The molecule has 0 unspecified atom stereocenters. The van der Waals surface area contributed by atoms with E-state index in [4.69, 9.17) is 4.74 Å². The number of carbonyl (C=O) groups excluding carboxylic acids is 3. The molecule has 152 valence electrons. The first kappa shape index (κ1) is 19.6. The van der Waals surface area contributed by atoms with Crippen molar-refractivity contribution in [3.8, 4) is 0 Å². The van der Waals surface area contributed by atoms with Gasteiger partial charge in [0, 0.05) is 24.0 Å². The number of para-hydroxylation sites is 1. The molecule has 1 fully saturated rings. The van der Waals surface area contributed by atoms with Crippen LogP contribution in [0.2, 0.25) is 0 Å². The summed E-state index contributed by atoms with van der Waals surface area (Å²) in [5.41, 5.74) is 0.752. The maximum Gasteiger partial charge on any atom is 0.311 e. The zero-order valence-corrected chi connectivity index (χ0v) is 16.0. The number of nitrogens with zero attached hydrogens (tertiary/aromatic N) is 1. The number of fused-ring (bicyclic) bond motifs is 1. The number of carbonyl (C=O) groups is 3. The predicted octanol–water partition coefficient (Wildman–Crippen LogP) is 3.51. The van der Waals surface area contributed by atoms with E-state index in [9.17, 15) is 18.8 Å². The molecule has 1 atom stereocenters. The molecule has 7 heteroatoms. The first-order valence-electron chi connectivity index (χ1n) is 9.52. The zero-order valence-electron chi connectivity index (χ0n) is 16.0. The number of nitrogens with one attached hydrogen (secondary N) is 1.